The van der Waals surface area contributed by atoms with E-state index in [1.165, 1.54) is 18.2 Å². The third-order valence-electron chi connectivity index (χ3n) is 4.94. The molecule has 0 aliphatic heterocycles. The zero-order valence-corrected chi connectivity index (χ0v) is 18.3. The van der Waals surface area contributed by atoms with Gasteiger partial charge in [0, 0.05) is 43.5 Å². The van der Waals surface area contributed by atoms with Crippen molar-refractivity contribution in [1.82, 2.24) is 15.3 Å². The molecule has 2 N–H and O–H groups in total. The second kappa shape index (κ2) is 10.1. The highest BCUT2D eigenvalue weighted by molar-refractivity contribution is 6.31. The van der Waals surface area contributed by atoms with Crippen molar-refractivity contribution < 1.29 is 9.18 Å². The molecular formula is C20H26Cl2FN5O. The van der Waals surface area contributed by atoms with Crippen LogP contribution in [0, 0.1) is 12.7 Å². The van der Waals surface area contributed by atoms with E-state index in [1.807, 2.05) is 32.1 Å². The van der Waals surface area contributed by atoms with Crippen LogP contribution < -0.4 is 15.5 Å². The van der Waals surface area contributed by atoms with Crippen molar-refractivity contribution in [3.63, 3.8) is 0 Å². The van der Waals surface area contributed by atoms with E-state index < -0.39 is 5.82 Å². The Balaban J connectivity index is 0.00000300. The van der Waals surface area contributed by atoms with Gasteiger partial charge in [-0.1, -0.05) is 11.6 Å². The first kappa shape index (κ1) is 23.2. The van der Waals surface area contributed by atoms with E-state index in [1.54, 1.807) is 0 Å². The number of aryl methyl sites for hydroxylation is 1. The molecule has 1 saturated carbocycles. The number of halogens is 3. The van der Waals surface area contributed by atoms with Gasteiger partial charge < -0.3 is 15.5 Å². The van der Waals surface area contributed by atoms with Gasteiger partial charge >= 0.3 is 0 Å². The molecule has 1 aliphatic rings. The highest BCUT2D eigenvalue weighted by Crippen LogP contribution is 2.24. The van der Waals surface area contributed by atoms with Crippen molar-refractivity contribution in [3.8, 4) is 0 Å². The van der Waals surface area contributed by atoms with E-state index >= 15 is 0 Å². The van der Waals surface area contributed by atoms with E-state index in [9.17, 15) is 9.18 Å². The third-order valence-corrected chi connectivity index (χ3v) is 5.23. The van der Waals surface area contributed by atoms with Crippen LogP contribution in [0.2, 0.25) is 5.02 Å². The lowest BCUT2D eigenvalue weighted by Crippen LogP contribution is -2.40. The number of benzene rings is 1. The van der Waals surface area contributed by atoms with Crippen LogP contribution in [-0.2, 0) is 0 Å². The molecule has 158 valence electrons. The van der Waals surface area contributed by atoms with Crippen molar-refractivity contribution in [2.45, 2.75) is 44.7 Å². The Morgan fingerprint density at radius 3 is 2.48 bits per heavy atom. The molecular weight excluding hydrogens is 416 g/mol. The Bertz CT molecular complexity index is 857. The predicted molar refractivity (Wildman–Crippen MR) is 117 cm³/mol. The minimum absolute atomic E-state index is 0. The Morgan fingerprint density at radius 1 is 1.21 bits per heavy atom. The molecule has 1 aromatic heterocycles. The van der Waals surface area contributed by atoms with Crippen LogP contribution in [0.25, 0.3) is 0 Å². The van der Waals surface area contributed by atoms with Crippen LogP contribution in [0.3, 0.4) is 0 Å². The van der Waals surface area contributed by atoms with Gasteiger partial charge in [0.25, 0.3) is 5.91 Å². The molecule has 3 rings (SSSR count). The summed E-state index contributed by atoms with van der Waals surface area (Å²) in [5.74, 6) is 0.780. The van der Waals surface area contributed by atoms with Crippen LogP contribution >= 0.6 is 24.0 Å². The van der Waals surface area contributed by atoms with Crippen molar-refractivity contribution in [2.24, 2.45) is 0 Å². The summed E-state index contributed by atoms with van der Waals surface area (Å²) in [7, 11) is 3.83. The number of carbonyl (C=O) groups is 1. The number of rotatable bonds is 5. The third kappa shape index (κ3) is 5.93. The number of hydrogen-bond acceptors (Lipinski definition) is 5. The fraction of sp³-hybridized carbons (Fsp3) is 0.450. The van der Waals surface area contributed by atoms with E-state index in [-0.39, 0.29) is 29.4 Å². The zero-order chi connectivity index (χ0) is 20.3. The smallest absolute Gasteiger partial charge is 0.251 e. The van der Waals surface area contributed by atoms with Gasteiger partial charge in [-0.2, -0.15) is 4.98 Å². The molecule has 9 heteroatoms. The fourth-order valence-corrected chi connectivity index (χ4v) is 3.46. The van der Waals surface area contributed by atoms with Gasteiger partial charge in [-0.3, -0.25) is 4.79 Å². The zero-order valence-electron chi connectivity index (χ0n) is 16.7. The first-order valence-corrected chi connectivity index (χ1v) is 9.74. The number of nitrogens with zero attached hydrogens (tertiary/aromatic N) is 3. The molecule has 0 unspecified atom stereocenters. The van der Waals surface area contributed by atoms with E-state index in [4.69, 9.17) is 11.6 Å². The molecule has 2 aromatic rings. The lowest BCUT2D eigenvalue weighted by Gasteiger charge is -2.30. The predicted octanol–water partition coefficient (Wildman–Crippen LogP) is 4.22. The summed E-state index contributed by atoms with van der Waals surface area (Å²) in [6.45, 7) is 1.99. The second-order valence-corrected chi connectivity index (χ2v) is 7.80. The number of aromatic nitrogens is 2. The molecule has 0 radical (unpaired) electrons. The van der Waals surface area contributed by atoms with E-state index in [0.717, 1.165) is 37.1 Å². The summed E-state index contributed by atoms with van der Waals surface area (Å²) in [6, 6.07) is 4.42. The second-order valence-electron chi connectivity index (χ2n) is 7.39. The maximum atomic E-state index is 13.3. The number of nitrogens with one attached hydrogen (secondary N) is 2. The highest BCUT2D eigenvalue weighted by atomic mass is 35.5. The SMILES string of the molecule is Cc1cnc(N(C)C)nc1NC1CCC(NC(=O)c2ccc(F)c(Cl)c2)CC1.Cl. The highest BCUT2D eigenvalue weighted by Gasteiger charge is 2.24. The lowest BCUT2D eigenvalue weighted by molar-refractivity contribution is 0.0926. The number of carbonyl (C=O) groups excluding carboxylic acids is 1. The minimum atomic E-state index is -0.526. The standard InChI is InChI=1S/C20H25ClFN5O.ClH/c1-12-11-23-20(27(2)3)26-18(12)24-14-5-7-15(8-6-14)25-19(28)13-4-9-17(22)16(21)10-13;/h4,9-11,14-15H,5-8H2,1-3H3,(H,25,28)(H,23,24,26);1H. The van der Waals surface area contributed by atoms with Gasteiger partial charge in [0.05, 0.1) is 5.02 Å². The number of anilines is 2. The van der Waals surface area contributed by atoms with Crippen LogP contribution in [0.15, 0.2) is 24.4 Å². The van der Waals surface area contributed by atoms with Crippen molar-refractivity contribution >= 4 is 41.7 Å². The average molecular weight is 442 g/mol. The summed E-state index contributed by atoms with van der Waals surface area (Å²) in [6.07, 6.45) is 5.40. The normalized spacial score (nSPS) is 18.5. The molecule has 1 heterocycles. The van der Waals surface area contributed by atoms with Crippen LogP contribution in [0.4, 0.5) is 16.2 Å². The summed E-state index contributed by atoms with van der Waals surface area (Å²) in [5.41, 5.74) is 1.38. The number of amides is 1. The van der Waals surface area contributed by atoms with Gasteiger partial charge in [-0.15, -0.1) is 12.4 Å². The summed E-state index contributed by atoms with van der Waals surface area (Å²) in [4.78, 5) is 23.1. The van der Waals surface area contributed by atoms with Crippen molar-refractivity contribution in [1.29, 1.82) is 0 Å². The van der Waals surface area contributed by atoms with Crippen molar-refractivity contribution in [3.05, 3.63) is 46.4 Å². The van der Waals surface area contributed by atoms with Gasteiger partial charge in [0.2, 0.25) is 5.95 Å². The summed E-state index contributed by atoms with van der Waals surface area (Å²) >= 11 is 5.76. The molecule has 6 nitrogen and oxygen atoms in total. The Kier molecular flexibility index (Phi) is 8.05. The topological polar surface area (TPSA) is 70.2 Å². The lowest BCUT2D eigenvalue weighted by atomic mass is 9.91. The van der Waals surface area contributed by atoms with Gasteiger partial charge in [-0.25, -0.2) is 9.37 Å². The summed E-state index contributed by atoms with van der Waals surface area (Å²) < 4.78 is 13.3. The van der Waals surface area contributed by atoms with Gasteiger partial charge in [0.1, 0.15) is 11.6 Å². The first-order valence-electron chi connectivity index (χ1n) is 9.37. The molecule has 1 fully saturated rings. The molecule has 1 aromatic carbocycles. The Hall–Kier alpha value is -2.12. The first-order chi connectivity index (χ1) is 13.3. The molecule has 1 amide bonds. The molecule has 0 saturated heterocycles. The van der Waals surface area contributed by atoms with E-state index in [2.05, 4.69) is 20.6 Å². The fourth-order valence-electron chi connectivity index (χ4n) is 3.28. The average Bonchev–Trinajstić information content (AvgIpc) is 2.67. The molecule has 1 aliphatic carbocycles. The molecule has 0 bridgehead atoms. The minimum Gasteiger partial charge on any atom is -0.367 e. The monoisotopic (exact) mass is 441 g/mol. The largest absolute Gasteiger partial charge is 0.367 e. The van der Waals surface area contributed by atoms with Crippen LogP contribution in [-0.4, -0.2) is 42.1 Å². The maximum Gasteiger partial charge on any atom is 0.251 e. The quantitative estimate of drug-likeness (QED) is 0.726. The van der Waals surface area contributed by atoms with Crippen LogP contribution in [0.5, 0.6) is 0 Å². The Morgan fingerprint density at radius 2 is 1.86 bits per heavy atom. The molecule has 0 atom stereocenters. The van der Waals surface area contributed by atoms with E-state index in [0.29, 0.717) is 17.6 Å². The van der Waals surface area contributed by atoms with Gasteiger partial charge in [-0.05, 0) is 50.8 Å². The van der Waals surface area contributed by atoms with Gasteiger partial charge in [0.15, 0.2) is 0 Å². The number of hydrogen-bond donors (Lipinski definition) is 2. The van der Waals surface area contributed by atoms with Crippen molar-refractivity contribution in [2.75, 3.05) is 24.3 Å². The molecule has 0 spiro atoms. The molecule has 29 heavy (non-hydrogen) atoms. The van der Waals surface area contributed by atoms with Crippen LogP contribution in [0.1, 0.15) is 41.6 Å². The Labute approximate surface area is 181 Å². The summed E-state index contributed by atoms with van der Waals surface area (Å²) in [5, 5.41) is 6.49. The maximum absolute atomic E-state index is 13.3.